The van der Waals surface area contributed by atoms with Gasteiger partial charge in [0.1, 0.15) is 17.0 Å². The van der Waals surface area contributed by atoms with Crippen LogP contribution >= 0.6 is 12.4 Å². The van der Waals surface area contributed by atoms with Gasteiger partial charge in [0.05, 0.1) is 26.5 Å². The Morgan fingerprint density at radius 2 is 1.93 bits per heavy atom. The van der Waals surface area contributed by atoms with Crippen LogP contribution in [-0.2, 0) is 0 Å². The summed E-state index contributed by atoms with van der Waals surface area (Å²) in [4.78, 5) is 24.6. The number of rotatable bonds is 3. The molecule has 0 spiro atoms. The molecule has 0 radical (unpaired) electrons. The van der Waals surface area contributed by atoms with Gasteiger partial charge >= 0.3 is 5.96 Å². The number of H-pyrrole nitrogens is 1. The number of anilines is 1. The summed E-state index contributed by atoms with van der Waals surface area (Å²) >= 11 is 0. The van der Waals surface area contributed by atoms with Crippen LogP contribution in [0.1, 0.15) is 0 Å². The Kier molecular flexibility index (Phi) is 5.99. The third kappa shape index (κ3) is 4.30. The van der Waals surface area contributed by atoms with Gasteiger partial charge in [-0.05, 0) is 24.3 Å². The van der Waals surface area contributed by atoms with E-state index in [9.17, 15) is 0 Å². The molecule has 0 bridgehead atoms. The Morgan fingerprint density at radius 1 is 1.21 bits per heavy atom. The first kappa shape index (κ1) is 20.2. The van der Waals surface area contributed by atoms with Crippen LogP contribution in [0.2, 0.25) is 0 Å². The number of hydrogen-bond acceptors (Lipinski definition) is 7. The Bertz CT molecular complexity index is 1060. The summed E-state index contributed by atoms with van der Waals surface area (Å²) < 4.78 is 5.24. The van der Waals surface area contributed by atoms with Gasteiger partial charge < -0.3 is 14.6 Å². The Balaban J connectivity index is 0.00000240. The highest BCUT2D eigenvalue weighted by Crippen LogP contribution is 2.28. The van der Waals surface area contributed by atoms with Gasteiger partial charge in [0.25, 0.3) is 6.19 Å². The number of nitrogens with two attached hydrogens (primary N) is 1. The van der Waals surface area contributed by atoms with Gasteiger partial charge in [0.15, 0.2) is 5.65 Å². The molecule has 150 valence electrons. The molecule has 3 aromatic rings. The van der Waals surface area contributed by atoms with Crippen molar-refractivity contribution in [3.05, 3.63) is 35.4 Å². The third-order valence-electron chi connectivity index (χ3n) is 4.50. The molecule has 2 aromatic heterocycles. The summed E-state index contributed by atoms with van der Waals surface area (Å²) in [5, 5.41) is 7.15. The van der Waals surface area contributed by atoms with E-state index in [1.165, 1.54) is 0 Å². The highest BCUT2D eigenvalue weighted by Gasteiger charge is 2.22. The number of benzene rings is 1. The second kappa shape index (κ2) is 8.62. The number of aromatic nitrogens is 4. The van der Waals surface area contributed by atoms with Gasteiger partial charge in [-0.1, -0.05) is 0 Å². The molecular weight excluding hydrogens is 394 g/mol. The molecule has 1 aromatic carbocycles. The molecule has 1 saturated heterocycles. The minimum Gasteiger partial charge on any atom is -0.497 e. The fourth-order valence-corrected chi connectivity index (χ4v) is 3.05. The summed E-state index contributed by atoms with van der Waals surface area (Å²) in [7, 11) is 1.64. The Hall–Kier alpha value is -3.58. The normalized spacial score (nSPS) is 13.4. The Labute approximate surface area is 173 Å². The zero-order valence-electron chi connectivity index (χ0n) is 15.8. The fraction of sp³-hybridized carbons (Fsp3) is 0.278. The predicted octanol–water partition coefficient (Wildman–Crippen LogP) is 1.76. The van der Waals surface area contributed by atoms with Crippen molar-refractivity contribution in [3.63, 3.8) is 0 Å². The SMILES string of the molecule is COc1ccc(-c2nc(N3CCN(C#[N+]C(=N)N)CC3)nc3[nH]cnc23)cc1.Cl. The van der Waals surface area contributed by atoms with Crippen molar-refractivity contribution in [2.75, 3.05) is 38.2 Å². The van der Waals surface area contributed by atoms with E-state index in [1.807, 2.05) is 29.2 Å². The van der Waals surface area contributed by atoms with E-state index in [0.29, 0.717) is 37.8 Å². The third-order valence-corrected chi connectivity index (χ3v) is 4.50. The van der Waals surface area contributed by atoms with E-state index >= 15 is 0 Å². The lowest BCUT2D eigenvalue weighted by molar-refractivity contribution is 0.365. The van der Waals surface area contributed by atoms with Crippen molar-refractivity contribution >= 4 is 35.5 Å². The molecule has 0 aliphatic carbocycles. The van der Waals surface area contributed by atoms with E-state index in [0.717, 1.165) is 22.5 Å². The first-order valence-electron chi connectivity index (χ1n) is 8.80. The largest absolute Gasteiger partial charge is 0.497 e. The van der Waals surface area contributed by atoms with Crippen LogP contribution in [0.25, 0.3) is 27.3 Å². The maximum atomic E-state index is 7.15. The average Bonchev–Trinajstić information content (AvgIpc) is 3.21. The summed E-state index contributed by atoms with van der Waals surface area (Å²) in [6.07, 6.45) is 4.41. The standard InChI is InChI=1S/C18H20N9O.ClH/c1-28-13-4-2-12(3-5-13)14-15-16(22-10-21-15)25-18(24-14)27-8-6-26(7-9-27)11-23-17(19)20;/h2-5,10H,6-9H2,1H3,(H3,19,20)(H,21,22,24,25);1H/q+1;. The van der Waals surface area contributed by atoms with E-state index in [4.69, 9.17) is 20.9 Å². The smallest absolute Gasteiger partial charge is 0.431 e. The van der Waals surface area contributed by atoms with Crippen LogP contribution in [-0.4, -0.2) is 64.1 Å². The summed E-state index contributed by atoms with van der Waals surface area (Å²) in [5.74, 6) is 1.18. The Morgan fingerprint density at radius 3 is 2.59 bits per heavy atom. The zero-order valence-corrected chi connectivity index (χ0v) is 16.6. The molecule has 10 nitrogen and oxygen atoms in total. The highest BCUT2D eigenvalue weighted by molar-refractivity contribution is 5.88. The zero-order chi connectivity index (χ0) is 19.5. The van der Waals surface area contributed by atoms with Crippen molar-refractivity contribution in [2.45, 2.75) is 0 Å². The molecule has 0 saturated carbocycles. The number of methoxy groups -OCH3 is 1. The number of fused-ring (bicyclic) bond motifs is 1. The van der Waals surface area contributed by atoms with Crippen LogP contribution in [0.15, 0.2) is 30.6 Å². The van der Waals surface area contributed by atoms with Gasteiger partial charge in [-0.2, -0.15) is 9.83 Å². The number of nitrogens with one attached hydrogen (secondary N) is 2. The molecular formula is C18H21ClN9O+. The molecule has 0 amide bonds. The number of ether oxygens (including phenoxy) is 1. The van der Waals surface area contributed by atoms with E-state index in [1.54, 1.807) is 13.4 Å². The molecule has 0 unspecified atom stereocenters. The number of imidazole rings is 1. The molecule has 4 N–H and O–H groups in total. The van der Waals surface area contributed by atoms with Crippen molar-refractivity contribution in [1.82, 2.24) is 24.8 Å². The van der Waals surface area contributed by atoms with Crippen LogP contribution < -0.4 is 15.4 Å². The van der Waals surface area contributed by atoms with E-state index < -0.39 is 0 Å². The summed E-state index contributed by atoms with van der Waals surface area (Å²) in [6, 6.07) is 7.73. The monoisotopic (exact) mass is 414 g/mol. The average molecular weight is 415 g/mol. The number of hydrogen-bond donors (Lipinski definition) is 3. The second-order valence-corrected chi connectivity index (χ2v) is 6.27. The van der Waals surface area contributed by atoms with Crippen molar-refractivity contribution in [2.24, 2.45) is 5.73 Å². The predicted molar refractivity (Wildman–Crippen MR) is 114 cm³/mol. The molecule has 4 rings (SSSR count). The van der Waals surface area contributed by atoms with Crippen LogP contribution in [0.3, 0.4) is 0 Å². The van der Waals surface area contributed by atoms with Crippen LogP contribution in [0, 0.1) is 11.6 Å². The van der Waals surface area contributed by atoms with Crippen LogP contribution in [0.4, 0.5) is 5.95 Å². The van der Waals surface area contributed by atoms with Crippen molar-refractivity contribution < 1.29 is 4.74 Å². The number of aromatic amines is 1. The second-order valence-electron chi connectivity index (χ2n) is 6.27. The molecule has 29 heavy (non-hydrogen) atoms. The molecule has 1 aliphatic rings. The number of piperazine rings is 1. The maximum Gasteiger partial charge on any atom is 0.431 e. The van der Waals surface area contributed by atoms with E-state index in [2.05, 4.69) is 30.9 Å². The van der Waals surface area contributed by atoms with Crippen molar-refractivity contribution in [3.8, 4) is 23.2 Å². The minimum absolute atomic E-state index is 0. The number of guanidine groups is 1. The van der Waals surface area contributed by atoms with Gasteiger partial charge in [-0.3, -0.25) is 10.6 Å². The molecule has 11 heteroatoms. The molecule has 0 atom stereocenters. The molecule has 3 heterocycles. The summed E-state index contributed by atoms with van der Waals surface area (Å²) in [5.41, 5.74) is 8.39. The van der Waals surface area contributed by atoms with E-state index in [-0.39, 0.29) is 18.4 Å². The topological polar surface area (TPSA) is 124 Å². The summed E-state index contributed by atoms with van der Waals surface area (Å²) in [6.45, 7) is 2.81. The fourth-order valence-electron chi connectivity index (χ4n) is 3.05. The lowest BCUT2D eigenvalue weighted by Crippen LogP contribution is -2.45. The number of halogens is 1. The first-order chi connectivity index (χ1) is 13.6. The molecule has 1 fully saturated rings. The quantitative estimate of drug-likeness (QED) is 0.339. The highest BCUT2D eigenvalue weighted by atomic mass is 35.5. The van der Waals surface area contributed by atoms with Gasteiger partial charge in [0, 0.05) is 18.7 Å². The van der Waals surface area contributed by atoms with Gasteiger partial charge in [0.2, 0.25) is 5.95 Å². The lowest BCUT2D eigenvalue weighted by Gasteiger charge is -2.29. The molecule has 1 aliphatic heterocycles. The maximum absolute atomic E-state index is 7.15. The minimum atomic E-state index is -0.250. The first-order valence-corrected chi connectivity index (χ1v) is 8.80. The lowest BCUT2D eigenvalue weighted by atomic mass is 10.1. The van der Waals surface area contributed by atoms with Crippen LogP contribution in [0.5, 0.6) is 5.75 Å². The van der Waals surface area contributed by atoms with Crippen molar-refractivity contribution in [1.29, 1.82) is 5.41 Å². The van der Waals surface area contributed by atoms with Gasteiger partial charge in [-0.25, -0.2) is 9.97 Å². The number of nitrogens with zero attached hydrogens (tertiary/aromatic N) is 6. The van der Waals surface area contributed by atoms with Gasteiger partial charge in [-0.15, -0.1) is 17.8 Å².